The van der Waals surface area contributed by atoms with Crippen LogP contribution in [-0.4, -0.2) is 33.6 Å². The van der Waals surface area contributed by atoms with Gasteiger partial charge in [-0.3, -0.25) is 0 Å². The molecule has 0 spiro atoms. The van der Waals surface area contributed by atoms with Crippen molar-refractivity contribution >= 4 is 35.5 Å². The zero-order chi connectivity index (χ0) is 35.7. The molecule has 266 valence electrons. The summed E-state index contributed by atoms with van der Waals surface area (Å²) >= 11 is 3.63. The van der Waals surface area contributed by atoms with E-state index in [1.165, 1.54) is 64.2 Å². The van der Waals surface area contributed by atoms with Gasteiger partial charge in [-0.25, -0.2) is 9.59 Å². The predicted octanol–water partition coefficient (Wildman–Crippen LogP) is 12.0. The summed E-state index contributed by atoms with van der Waals surface area (Å²) in [6.45, 7) is 4.45. The molecule has 51 heavy (non-hydrogen) atoms. The van der Waals surface area contributed by atoms with Crippen LogP contribution < -0.4 is 9.47 Å². The van der Waals surface area contributed by atoms with Crippen LogP contribution in [0.4, 0.5) is 0 Å². The zero-order valence-electron chi connectivity index (χ0n) is 29.5. The molecule has 0 saturated heterocycles. The Morgan fingerprint density at radius 3 is 1.25 bits per heavy atom. The van der Waals surface area contributed by atoms with Gasteiger partial charge in [-0.05, 0) is 121 Å². The van der Waals surface area contributed by atoms with Gasteiger partial charge in [0.05, 0.1) is 11.1 Å². The number of aromatic nitrogens is 2. The highest BCUT2D eigenvalue weighted by Gasteiger charge is 2.14. The van der Waals surface area contributed by atoms with Crippen molar-refractivity contribution in [2.45, 2.75) is 87.8 Å². The smallest absolute Gasteiger partial charge is 0.343 e. The Balaban J connectivity index is 1.07. The molecule has 0 aliphatic heterocycles. The maximum Gasteiger partial charge on any atom is 0.343 e. The van der Waals surface area contributed by atoms with Gasteiger partial charge >= 0.3 is 11.9 Å². The van der Waals surface area contributed by atoms with Gasteiger partial charge in [0.25, 0.3) is 0 Å². The van der Waals surface area contributed by atoms with Crippen LogP contribution in [0.2, 0.25) is 0 Å². The minimum absolute atomic E-state index is 0.329. The van der Waals surface area contributed by atoms with E-state index in [4.69, 9.17) is 13.9 Å². The van der Waals surface area contributed by atoms with E-state index in [1.54, 1.807) is 48.5 Å². The molecule has 0 radical (unpaired) electrons. The third-order valence-corrected chi connectivity index (χ3v) is 10.5. The molecule has 0 N–H and O–H groups in total. The van der Waals surface area contributed by atoms with E-state index in [0.29, 0.717) is 45.5 Å². The fourth-order valence-corrected chi connectivity index (χ4v) is 7.11. The van der Waals surface area contributed by atoms with Crippen LogP contribution in [-0.2, 0) is 0 Å². The molecule has 0 amide bonds. The van der Waals surface area contributed by atoms with E-state index in [9.17, 15) is 9.59 Å². The fraction of sp³-hybridized carbons (Fsp3) is 0.333. The Kier molecular flexibility index (Phi) is 15.2. The number of carbonyl (C=O) groups is 2. The van der Waals surface area contributed by atoms with Crippen molar-refractivity contribution in [3.63, 3.8) is 0 Å². The first-order valence-corrected chi connectivity index (χ1v) is 19.9. The van der Waals surface area contributed by atoms with E-state index >= 15 is 0 Å². The third kappa shape index (κ3) is 12.1. The SMILES string of the molecule is CCCCCCCSc1ccc(C(=O)Oc2ccc(-c3nnc(-c4ccc(OC(=O)c5ccc(SCCCCCCC)cc5)cc4)o3)cc2)cc1. The number of benzene rings is 4. The molecule has 0 aliphatic carbocycles. The second-order valence-electron chi connectivity index (χ2n) is 12.3. The fourth-order valence-electron chi connectivity index (χ4n) is 5.29. The quantitative estimate of drug-likeness (QED) is 0.0337. The Morgan fingerprint density at radius 1 is 0.510 bits per heavy atom. The Morgan fingerprint density at radius 2 is 0.882 bits per heavy atom. The monoisotopic (exact) mass is 722 g/mol. The van der Waals surface area contributed by atoms with Gasteiger partial charge < -0.3 is 13.9 Å². The summed E-state index contributed by atoms with van der Waals surface area (Å²) in [7, 11) is 0. The lowest BCUT2D eigenvalue weighted by molar-refractivity contribution is 0.0725. The van der Waals surface area contributed by atoms with Gasteiger partial charge in [0.2, 0.25) is 11.8 Å². The van der Waals surface area contributed by atoms with Crippen LogP contribution in [0.5, 0.6) is 11.5 Å². The van der Waals surface area contributed by atoms with Crippen LogP contribution in [0, 0.1) is 0 Å². The third-order valence-electron chi connectivity index (χ3n) is 8.26. The molecule has 0 fully saturated rings. The van der Waals surface area contributed by atoms with E-state index in [2.05, 4.69) is 24.0 Å². The lowest BCUT2D eigenvalue weighted by atomic mass is 10.2. The predicted molar refractivity (Wildman–Crippen MR) is 207 cm³/mol. The van der Waals surface area contributed by atoms with Crippen molar-refractivity contribution in [1.29, 1.82) is 0 Å². The molecule has 0 aliphatic rings. The first-order chi connectivity index (χ1) is 25.0. The lowest BCUT2D eigenvalue weighted by Crippen LogP contribution is -2.08. The second kappa shape index (κ2) is 20.5. The number of carbonyl (C=O) groups excluding carboxylic acids is 2. The molecule has 1 heterocycles. The average molecular weight is 723 g/mol. The van der Waals surface area contributed by atoms with E-state index < -0.39 is 11.9 Å². The highest BCUT2D eigenvalue weighted by molar-refractivity contribution is 7.99. The number of nitrogens with zero attached hydrogens (tertiary/aromatic N) is 2. The van der Waals surface area contributed by atoms with Crippen LogP contribution >= 0.6 is 23.5 Å². The summed E-state index contributed by atoms with van der Waals surface area (Å²) in [6.07, 6.45) is 12.6. The molecule has 0 saturated carbocycles. The topological polar surface area (TPSA) is 91.5 Å². The maximum absolute atomic E-state index is 12.7. The Hall–Kier alpha value is -4.34. The number of esters is 2. The summed E-state index contributed by atoms with van der Waals surface area (Å²) in [4.78, 5) is 27.8. The molecule has 4 aromatic carbocycles. The average Bonchev–Trinajstić information content (AvgIpc) is 3.66. The van der Waals surface area contributed by atoms with Crippen LogP contribution in [0.15, 0.2) is 111 Å². The van der Waals surface area contributed by atoms with Crippen molar-refractivity contribution < 1.29 is 23.5 Å². The highest BCUT2D eigenvalue weighted by atomic mass is 32.2. The number of rotatable bonds is 20. The Bertz CT molecular complexity index is 1660. The first-order valence-electron chi connectivity index (χ1n) is 18.0. The minimum Gasteiger partial charge on any atom is -0.423 e. The van der Waals surface area contributed by atoms with E-state index in [1.807, 2.05) is 72.1 Å². The van der Waals surface area contributed by atoms with Gasteiger partial charge in [-0.2, -0.15) is 0 Å². The largest absolute Gasteiger partial charge is 0.423 e. The number of hydrogen-bond donors (Lipinski definition) is 0. The molecule has 5 rings (SSSR count). The van der Waals surface area contributed by atoms with E-state index in [0.717, 1.165) is 21.3 Å². The van der Waals surface area contributed by atoms with Gasteiger partial charge in [-0.15, -0.1) is 33.7 Å². The van der Waals surface area contributed by atoms with Crippen molar-refractivity contribution in [1.82, 2.24) is 10.2 Å². The van der Waals surface area contributed by atoms with Crippen molar-refractivity contribution in [3.8, 4) is 34.4 Å². The number of unbranched alkanes of at least 4 members (excludes halogenated alkanes) is 8. The van der Waals surface area contributed by atoms with Gasteiger partial charge in [0, 0.05) is 20.9 Å². The minimum atomic E-state index is -0.413. The maximum atomic E-state index is 12.7. The van der Waals surface area contributed by atoms with Gasteiger partial charge in [-0.1, -0.05) is 65.2 Å². The van der Waals surface area contributed by atoms with E-state index in [-0.39, 0.29) is 0 Å². The standard InChI is InChI=1S/C42H46N2O5S2/c1-3-5-7-9-11-29-50-37-25-17-33(18-26-37)41(45)47-35-21-13-31(14-22-35)39-43-44-40(49-39)32-15-23-36(24-16-32)48-42(46)34-19-27-38(28-20-34)51-30-12-10-8-6-4-2/h13-28H,3-12,29-30H2,1-2H3. The highest BCUT2D eigenvalue weighted by Crippen LogP contribution is 2.28. The van der Waals surface area contributed by atoms with Crippen molar-refractivity contribution in [2.75, 3.05) is 11.5 Å². The molecular formula is C42H46N2O5S2. The summed E-state index contributed by atoms with van der Waals surface area (Å²) in [5, 5.41) is 8.38. The van der Waals surface area contributed by atoms with Crippen molar-refractivity contribution in [3.05, 3.63) is 108 Å². The molecule has 0 unspecified atom stereocenters. The molecule has 1 aromatic heterocycles. The summed E-state index contributed by atoms with van der Waals surface area (Å²) < 4.78 is 17.1. The molecule has 0 bridgehead atoms. The number of hydrogen-bond acceptors (Lipinski definition) is 9. The molecule has 0 atom stereocenters. The van der Waals surface area contributed by atoms with Gasteiger partial charge in [0.1, 0.15) is 11.5 Å². The lowest BCUT2D eigenvalue weighted by Gasteiger charge is -2.06. The van der Waals surface area contributed by atoms with Gasteiger partial charge in [0.15, 0.2) is 0 Å². The molecule has 9 heteroatoms. The zero-order valence-corrected chi connectivity index (χ0v) is 31.1. The van der Waals surface area contributed by atoms with Crippen LogP contribution in [0.25, 0.3) is 22.9 Å². The number of ether oxygens (including phenoxy) is 2. The molecule has 7 nitrogen and oxygen atoms in total. The van der Waals surface area contributed by atoms with Crippen molar-refractivity contribution in [2.24, 2.45) is 0 Å². The number of thioether (sulfide) groups is 2. The summed E-state index contributed by atoms with van der Waals surface area (Å²) in [5.41, 5.74) is 2.37. The summed E-state index contributed by atoms with van der Waals surface area (Å²) in [5.74, 6) is 2.83. The van der Waals surface area contributed by atoms with Crippen LogP contribution in [0.3, 0.4) is 0 Å². The molecular weight excluding hydrogens is 677 g/mol. The normalized spacial score (nSPS) is 11.0. The van der Waals surface area contributed by atoms with Crippen LogP contribution in [0.1, 0.15) is 98.8 Å². The molecule has 5 aromatic rings. The first kappa shape index (κ1) is 37.9. The second-order valence-corrected chi connectivity index (χ2v) is 14.7. The Labute approximate surface area is 309 Å². The summed E-state index contributed by atoms with van der Waals surface area (Å²) in [6, 6.07) is 29.0.